The van der Waals surface area contributed by atoms with E-state index in [2.05, 4.69) is 41.4 Å². The van der Waals surface area contributed by atoms with Gasteiger partial charge >= 0.3 is 0 Å². The van der Waals surface area contributed by atoms with Gasteiger partial charge in [0.15, 0.2) is 0 Å². The number of halogens is 2. The van der Waals surface area contributed by atoms with E-state index in [0.717, 1.165) is 32.6 Å². The van der Waals surface area contributed by atoms with Crippen LogP contribution in [0.3, 0.4) is 0 Å². The number of aliphatic hydroxyl groups excluding tert-OH is 1. The van der Waals surface area contributed by atoms with Crippen molar-refractivity contribution in [1.82, 2.24) is 10.2 Å². The summed E-state index contributed by atoms with van der Waals surface area (Å²) in [6.07, 6.45) is 0.860. The molecule has 1 aliphatic heterocycles. The topological polar surface area (TPSA) is 35.5 Å². The van der Waals surface area contributed by atoms with Crippen molar-refractivity contribution in [2.75, 3.05) is 26.2 Å². The molecule has 19 heavy (non-hydrogen) atoms. The second-order valence-electron chi connectivity index (χ2n) is 4.77. The Morgan fingerprint density at radius 3 is 2.74 bits per heavy atom. The van der Waals surface area contributed by atoms with Gasteiger partial charge in [-0.1, -0.05) is 24.3 Å². The monoisotopic (exact) mass is 306 g/mol. The first-order valence-electron chi connectivity index (χ1n) is 6.41. The molecule has 2 rings (SSSR count). The van der Waals surface area contributed by atoms with Crippen LogP contribution in [0.5, 0.6) is 0 Å². The molecule has 2 N–H and O–H groups in total. The zero-order chi connectivity index (χ0) is 12.1. The Balaban J connectivity index is 0.00000162. The highest BCUT2D eigenvalue weighted by Gasteiger charge is 2.21. The lowest BCUT2D eigenvalue weighted by atomic mass is 10.1. The molecular weight excluding hydrogens is 283 g/mol. The second-order valence-corrected chi connectivity index (χ2v) is 4.77. The molecule has 1 aliphatic rings. The Morgan fingerprint density at radius 2 is 2.05 bits per heavy atom. The molecule has 0 radical (unpaired) electrons. The SMILES string of the molecule is Cc1ccccc1CN1CCNCC1CCO.Cl.Cl. The molecule has 3 nitrogen and oxygen atoms in total. The maximum absolute atomic E-state index is 9.10. The molecule has 5 heteroatoms. The maximum Gasteiger partial charge on any atom is 0.0446 e. The summed E-state index contributed by atoms with van der Waals surface area (Å²) in [5.41, 5.74) is 2.76. The number of aryl methyl sites for hydroxylation is 1. The van der Waals surface area contributed by atoms with Crippen molar-refractivity contribution in [2.24, 2.45) is 0 Å². The molecule has 0 bridgehead atoms. The number of nitrogens with one attached hydrogen (secondary N) is 1. The van der Waals surface area contributed by atoms with Crippen LogP contribution >= 0.6 is 24.8 Å². The number of piperazine rings is 1. The van der Waals surface area contributed by atoms with Crippen LogP contribution in [-0.2, 0) is 6.54 Å². The average molecular weight is 307 g/mol. The fourth-order valence-corrected chi connectivity index (χ4v) is 2.45. The third-order valence-corrected chi connectivity index (χ3v) is 3.57. The van der Waals surface area contributed by atoms with Crippen molar-refractivity contribution in [1.29, 1.82) is 0 Å². The van der Waals surface area contributed by atoms with Crippen molar-refractivity contribution < 1.29 is 5.11 Å². The van der Waals surface area contributed by atoms with E-state index in [0.29, 0.717) is 6.04 Å². The molecule has 1 atom stereocenters. The highest BCUT2D eigenvalue weighted by atomic mass is 35.5. The number of nitrogens with zero attached hydrogens (tertiary/aromatic N) is 1. The van der Waals surface area contributed by atoms with Gasteiger partial charge in [0.25, 0.3) is 0 Å². The van der Waals surface area contributed by atoms with Crippen LogP contribution in [0.2, 0.25) is 0 Å². The summed E-state index contributed by atoms with van der Waals surface area (Å²) in [6, 6.07) is 9.02. The van der Waals surface area contributed by atoms with E-state index < -0.39 is 0 Å². The van der Waals surface area contributed by atoms with E-state index in [-0.39, 0.29) is 31.4 Å². The average Bonchev–Trinajstić information content (AvgIpc) is 2.35. The van der Waals surface area contributed by atoms with Crippen molar-refractivity contribution in [3.63, 3.8) is 0 Å². The summed E-state index contributed by atoms with van der Waals surface area (Å²) in [5, 5.41) is 12.5. The van der Waals surface area contributed by atoms with Crippen LogP contribution in [-0.4, -0.2) is 42.3 Å². The van der Waals surface area contributed by atoms with E-state index in [1.54, 1.807) is 0 Å². The predicted octanol–water partition coefficient (Wildman–Crippen LogP) is 1.99. The number of hydrogen-bond donors (Lipinski definition) is 2. The molecule has 1 unspecified atom stereocenters. The normalized spacial score (nSPS) is 19.4. The lowest BCUT2D eigenvalue weighted by Crippen LogP contribution is -2.51. The summed E-state index contributed by atoms with van der Waals surface area (Å²) in [6.45, 7) is 6.55. The highest BCUT2D eigenvalue weighted by molar-refractivity contribution is 5.85. The summed E-state index contributed by atoms with van der Waals surface area (Å²) in [5.74, 6) is 0. The molecule has 1 saturated heterocycles. The van der Waals surface area contributed by atoms with E-state index in [4.69, 9.17) is 5.11 Å². The Hall–Kier alpha value is -0.320. The first-order valence-corrected chi connectivity index (χ1v) is 6.41. The van der Waals surface area contributed by atoms with Gasteiger partial charge in [-0.2, -0.15) is 0 Å². The fourth-order valence-electron chi connectivity index (χ4n) is 2.45. The van der Waals surface area contributed by atoms with Gasteiger partial charge in [0.05, 0.1) is 0 Å². The van der Waals surface area contributed by atoms with E-state index >= 15 is 0 Å². The van der Waals surface area contributed by atoms with Gasteiger partial charge in [-0.15, -0.1) is 24.8 Å². The highest BCUT2D eigenvalue weighted by Crippen LogP contribution is 2.15. The zero-order valence-corrected chi connectivity index (χ0v) is 13.0. The lowest BCUT2D eigenvalue weighted by molar-refractivity contribution is 0.123. The molecule has 1 fully saturated rings. The molecule has 0 saturated carbocycles. The largest absolute Gasteiger partial charge is 0.396 e. The van der Waals surface area contributed by atoms with E-state index in [1.807, 2.05) is 0 Å². The summed E-state index contributed by atoms with van der Waals surface area (Å²) < 4.78 is 0. The second kappa shape index (κ2) is 9.56. The predicted molar refractivity (Wildman–Crippen MR) is 84.4 cm³/mol. The van der Waals surface area contributed by atoms with Crippen molar-refractivity contribution in [3.05, 3.63) is 35.4 Å². The van der Waals surface area contributed by atoms with Crippen LogP contribution in [0.4, 0.5) is 0 Å². The van der Waals surface area contributed by atoms with Gasteiger partial charge in [-0.25, -0.2) is 0 Å². The van der Waals surface area contributed by atoms with Crippen LogP contribution in [0.15, 0.2) is 24.3 Å². The molecule has 0 spiro atoms. The van der Waals surface area contributed by atoms with Gasteiger partial charge in [0, 0.05) is 38.8 Å². The van der Waals surface area contributed by atoms with Crippen molar-refractivity contribution >= 4 is 24.8 Å². The minimum atomic E-state index is 0. The van der Waals surface area contributed by atoms with E-state index in [1.165, 1.54) is 11.1 Å². The number of hydrogen-bond acceptors (Lipinski definition) is 3. The zero-order valence-electron chi connectivity index (χ0n) is 11.3. The quantitative estimate of drug-likeness (QED) is 0.893. The first-order chi connectivity index (χ1) is 8.31. The third-order valence-electron chi connectivity index (χ3n) is 3.57. The standard InChI is InChI=1S/C14H22N2O.2ClH/c1-12-4-2-3-5-13(12)11-16-8-7-15-10-14(16)6-9-17;;/h2-5,14-15,17H,6-11H2,1H3;2*1H. The van der Waals surface area contributed by atoms with E-state index in [9.17, 15) is 0 Å². The van der Waals surface area contributed by atoms with Crippen LogP contribution in [0, 0.1) is 6.92 Å². The molecule has 1 aromatic carbocycles. The number of benzene rings is 1. The molecular formula is C14H24Cl2N2O. The van der Waals surface area contributed by atoms with Crippen molar-refractivity contribution in [2.45, 2.75) is 25.9 Å². The molecule has 110 valence electrons. The summed E-state index contributed by atoms with van der Waals surface area (Å²) in [7, 11) is 0. The van der Waals surface area contributed by atoms with Crippen LogP contribution < -0.4 is 5.32 Å². The van der Waals surface area contributed by atoms with Gasteiger partial charge in [0.2, 0.25) is 0 Å². The summed E-state index contributed by atoms with van der Waals surface area (Å²) >= 11 is 0. The smallest absolute Gasteiger partial charge is 0.0446 e. The maximum atomic E-state index is 9.10. The van der Waals surface area contributed by atoms with Gasteiger partial charge in [0.1, 0.15) is 0 Å². The Kier molecular flexibility index (Phi) is 9.40. The lowest BCUT2D eigenvalue weighted by Gasteiger charge is -2.36. The van der Waals surface area contributed by atoms with Crippen LogP contribution in [0.1, 0.15) is 17.5 Å². The van der Waals surface area contributed by atoms with Gasteiger partial charge in [-0.05, 0) is 24.5 Å². The Morgan fingerprint density at radius 1 is 1.32 bits per heavy atom. The molecule has 1 aromatic rings. The molecule has 0 amide bonds. The minimum Gasteiger partial charge on any atom is -0.396 e. The van der Waals surface area contributed by atoms with Gasteiger partial charge < -0.3 is 10.4 Å². The molecule has 1 heterocycles. The number of aliphatic hydroxyl groups is 1. The van der Waals surface area contributed by atoms with Gasteiger partial charge in [-0.3, -0.25) is 4.90 Å². The van der Waals surface area contributed by atoms with Crippen LogP contribution in [0.25, 0.3) is 0 Å². The molecule has 0 aromatic heterocycles. The Labute approximate surface area is 128 Å². The first kappa shape index (κ1) is 18.7. The van der Waals surface area contributed by atoms with Crippen molar-refractivity contribution in [3.8, 4) is 0 Å². The third kappa shape index (κ3) is 5.28. The molecule has 0 aliphatic carbocycles. The summed E-state index contributed by atoms with van der Waals surface area (Å²) in [4.78, 5) is 2.48. The number of rotatable bonds is 4. The Bertz CT molecular complexity index is 361. The minimum absolute atomic E-state index is 0. The fraction of sp³-hybridized carbons (Fsp3) is 0.571.